The summed E-state index contributed by atoms with van der Waals surface area (Å²) in [5, 5.41) is 8.51. The zero-order chi connectivity index (χ0) is 13.4. The summed E-state index contributed by atoms with van der Waals surface area (Å²) in [6.45, 7) is 3.20. The van der Waals surface area contributed by atoms with Crippen molar-refractivity contribution in [2.24, 2.45) is 0 Å². The molecular weight excluding hydrogens is 276 g/mol. The van der Waals surface area contributed by atoms with Crippen LogP contribution in [0.4, 0.5) is 16.7 Å². The number of nitrogens with one attached hydrogen (secondary N) is 3. The lowest BCUT2D eigenvalue weighted by atomic mass is 10.7. The Morgan fingerprint density at radius 1 is 1.28 bits per heavy atom. The monoisotopic (exact) mass is 290 g/mol. The Bertz CT molecular complexity index is 405. The summed E-state index contributed by atoms with van der Waals surface area (Å²) < 4.78 is 0. The molecule has 100 valence electrons. The van der Waals surface area contributed by atoms with Crippen LogP contribution in [0.2, 0.25) is 5.28 Å². The molecular formula is C9H15ClN6OS. The number of anilines is 2. The van der Waals surface area contributed by atoms with Gasteiger partial charge in [0.1, 0.15) is 0 Å². The minimum atomic E-state index is -0.0705. The van der Waals surface area contributed by atoms with Gasteiger partial charge in [0.25, 0.3) is 5.24 Å². The van der Waals surface area contributed by atoms with Crippen molar-refractivity contribution in [1.82, 2.24) is 20.3 Å². The fourth-order valence-electron chi connectivity index (χ4n) is 1.05. The molecule has 1 aromatic heterocycles. The molecule has 0 aromatic carbocycles. The SMILES string of the molecule is CCNc1nc(Cl)nc(NCCSC(=O)NC)n1. The smallest absolute Gasteiger partial charge is 0.278 e. The number of halogens is 1. The van der Waals surface area contributed by atoms with Crippen molar-refractivity contribution in [1.29, 1.82) is 0 Å². The van der Waals surface area contributed by atoms with E-state index in [4.69, 9.17) is 11.6 Å². The van der Waals surface area contributed by atoms with Gasteiger partial charge in [-0.1, -0.05) is 11.8 Å². The molecule has 0 spiro atoms. The molecule has 0 radical (unpaired) electrons. The lowest BCUT2D eigenvalue weighted by Gasteiger charge is -2.06. The summed E-state index contributed by atoms with van der Waals surface area (Å²) in [5.74, 6) is 1.43. The molecule has 1 aromatic rings. The van der Waals surface area contributed by atoms with Crippen molar-refractivity contribution in [2.45, 2.75) is 6.92 Å². The van der Waals surface area contributed by atoms with Crippen LogP contribution in [-0.4, -0.2) is 46.1 Å². The number of aromatic nitrogens is 3. The Hall–Kier alpha value is -1.28. The van der Waals surface area contributed by atoms with E-state index in [-0.39, 0.29) is 10.5 Å². The van der Waals surface area contributed by atoms with Gasteiger partial charge in [0, 0.05) is 25.9 Å². The molecule has 0 fully saturated rings. The van der Waals surface area contributed by atoms with Crippen molar-refractivity contribution in [3.63, 3.8) is 0 Å². The van der Waals surface area contributed by atoms with Crippen molar-refractivity contribution < 1.29 is 4.79 Å². The van der Waals surface area contributed by atoms with Gasteiger partial charge < -0.3 is 16.0 Å². The first-order chi connectivity index (χ1) is 8.65. The first-order valence-electron chi connectivity index (χ1n) is 5.39. The van der Waals surface area contributed by atoms with Crippen LogP contribution >= 0.6 is 23.4 Å². The molecule has 9 heteroatoms. The quantitative estimate of drug-likeness (QED) is 0.683. The predicted molar refractivity (Wildman–Crippen MR) is 74.4 cm³/mol. The molecule has 0 atom stereocenters. The van der Waals surface area contributed by atoms with Crippen molar-refractivity contribution in [3.8, 4) is 0 Å². The van der Waals surface area contributed by atoms with E-state index in [2.05, 4.69) is 30.9 Å². The highest BCUT2D eigenvalue weighted by Gasteiger charge is 2.04. The third-order valence-corrected chi connectivity index (χ3v) is 2.81. The third kappa shape index (κ3) is 5.37. The molecule has 1 rings (SSSR count). The van der Waals surface area contributed by atoms with Gasteiger partial charge >= 0.3 is 0 Å². The molecule has 0 aliphatic carbocycles. The largest absolute Gasteiger partial charge is 0.354 e. The minimum absolute atomic E-state index is 0.0705. The standard InChI is InChI=1S/C9H15ClN6OS/c1-3-12-7-14-6(10)15-8(16-7)13-4-5-18-9(17)11-2/h3-5H2,1-2H3,(H,11,17)(H2,12,13,14,15,16). The number of thioether (sulfide) groups is 1. The zero-order valence-electron chi connectivity index (χ0n) is 10.2. The number of amides is 1. The molecule has 1 heterocycles. The minimum Gasteiger partial charge on any atom is -0.354 e. The fraction of sp³-hybridized carbons (Fsp3) is 0.556. The molecule has 0 saturated heterocycles. The zero-order valence-corrected chi connectivity index (χ0v) is 11.7. The van der Waals surface area contributed by atoms with Gasteiger partial charge in [0.05, 0.1) is 0 Å². The highest BCUT2D eigenvalue weighted by molar-refractivity contribution is 8.13. The maximum absolute atomic E-state index is 11.0. The van der Waals surface area contributed by atoms with Gasteiger partial charge in [-0.3, -0.25) is 4.79 Å². The Kier molecular flexibility index (Phi) is 6.51. The van der Waals surface area contributed by atoms with Crippen LogP contribution in [0.15, 0.2) is 0 Å². The van der Waals surface area contributed by atoms with E-state index >= 15 is 0 Å². The Morgan fingerprint density at radius 2 is 1.94 bits per heavy atom. The van der Waals surface area contributed by atoms with E-state index < -0.39 is 0 Å². The van der Waals surface area contributed by atoms with Gasteiger partial charge in [-0.2, -0.15) is 15.0 Å². The highest BCUT2D eigenvalue weighted by Crippen LogP contribution is 2.09. The average molecular weight is 291 g/mol. The van der Waals surface area contributed by atoms with E-state index in [9.17, 15) is 4.79 Å². The molecule has 0 unspecified atom stereocenters. The first kappa shape index (κ1) is 14.8. The Labute approximate surface area is 115 Å². The maximum atomic E-state index is 11.0. The third-order valence-electron chi connectivity index (χ3n) is 1.77. The van der Waals surface area contributed by atoms with Crippen LogP contribution in [0, 0.1) is 0 Å². The normalized spacial score (nSPS) is 9.94. The van der Waals surface area contributed by atoms with Gasteiger partial charge in [-0.15, -0.1) is 0 Å². The molecule has 0 aliphatic rings. The molecule has 18 heavy (non-hydrogen) atoms. The van der Waals surface area contributed by atoms with Crippen LogP contribution < -0.4 is 16.0 Å². The second-order valence-corrected chi connectivity index (χ2v) is 4.50. The summed E-state index contributed by atoms with van der Waals surface area (Å²) in [4.78, 5) is 22.9. The molecule has 3 N–H and O–H groups in total. The number of hydrogen-bond donors (Lipinski definition) is 3. The predicted octanol–water partition coefficient (Wildman–Crippen LogP) is 1.44. The van der Waals surface area contributed by atoms with E-state index in [1.54, 1.807) is 7.05 Å². The van der Waals surface area contributed by atoms with Crippen molar-refractivity contribution in [3.05, 3.63) is 5.28 Å². The lowest BCUT2D eigenvalue weighted by Crippen LogP contribution is -2.15. The summed E-state index contributed by atoms with van der Waals surface area (Å²) in [7, 11) is 1.59. The van der Waals surface area contributed by atoms with Crippen LogP contribution in [0.25, 0.3) is 0 Å². The average Bonchev–Trinajstić information content (AvgIpc) is 2.34. The summed E-state index contributed by atoms with van der Waals surface area (Å²) in [6, 6.07) is 0. The Morgan fingerprint density at radius 3 is 2.56 bits per heavy atom. The number of nitrogens with zero attached hydrogens (tertiary/aromatic N) is 3. The van der Waals surface area contributed by atoms with Gasteiger partial charge in [0.15, 0.2) is 0 Å². The van der Waals surface area contributed by atoms with Crippen molar-refractivity contribution >= 4 is 40.5 Å². The van der Waals surface area contributed by atoms with Crippen molar-refractivity contribution in [2.75, 3.05) is 36.5 Å². The summed E-state index contributed by atoms with van der Waals surface area (Å²) in [5.41, 5.74) is 0. The number of hydrogen-bond acceptors (Lipinski definition) is 7. The van der Waals surface area contributed by atoms with E-state index in [1.165, 1.54) is 11.8 Å². The highest BCUT2D eigenvalue weighted by atomic mass is 35.5. The molecule has 0 aliphatic heterocycles. The molecule has 1 amide bonds. The van der Waals surface area contributed by atoms with E-state index in [1.807, 2.05) is 6.92 Å². The van der Waals surface area contributed by atoms with Crippen LogP contribution in [-0.2, 0) is 0 Å². The van der Waals surface area contributed by atoms with E-state index in [0.717, 1.165) is 0 Å². The van der Waals surface area contributed by atoms with Gasteiger partial charge in [0.2, 0.25) is 17.2 Å². The molecule has 0 bridgehead atoms. The Balaban J connectivity index is 2.44. The van der Waals surface area contributed by atoms with E-state index in [0.29, 0.717) is 30.7 Å². The fourth-order valence-corrected chi connectivity index (χ4v) is 1.74. The van der Waals surface area contributed by atoms with Gasteiger partial charge in [-0.05, 0) is 18.5 Å². The van der Waals surface area contributed by atoms with Crippen LogP contribution in [0.5, 0.6) is 0 Å². The number of carbonyl (C=O) groups excluding carboxylic acids is 1. The summed E-state index contributed by atoms with van der Waals surface area (Å²) >= 11 is 6.94. The maximum Gasteiger partial charge on any atom is 0.278 e. The lowest BCUT2D eigenvalue weighted by molar-refractivity contribution is 0.262. The summed E-state index contributed by atoms with van der Waals surface area (Å²) in [6.07, 6.45) is 0. The second-order valence-electron chi connectivity index (χ2n) is 3.09. The molecule has 0 saturated carbocycles. The molecule has 7 nitrogen and oxygen atoms in total. The van der Waals surface area contributed by atoms with Crippen LogP contribution in [0.1, 0.15) is 6.92 Å². The van der Waals surface area contributed by atoms with Gasteiger partial charge in [-0.25, -0.2) is 0 Å². The second kappa shape index (κ2) is 7.93. The number of rotatable bonds is 6. The number of carbonyl (C=O) groups is 1. The first-order valence-corrected chi connectivity index (χ1v) is 6.76. The van der Waals surface area contributed by atoms with Crippen LogP contribution in [0.3, 0.4) is 0 Å². The topological polar surface area (TPSA) is 91.8 Å².